The predicted octanol–water partition coefficient (Wildman–Crippen LogP) is 5.07. The van der Waals surface area contributed by atoms with Crippen LogP contribution in [0.15, 0.2) is 24.3 Å². The lowest BCUT2D eigenvalue weighted by Crippen LogP contribution is -2.42. The highest BCUT2D eigenvalue weighted by molar-refractivity contribution is 6.50. The highest BCUT2D eigenvalue weighted by atomic mass is 19.5. The second kappa shape index (κ2) is 7.89. The molecular formula is C14H18BF7N2. The summed E-state index contributed by atoms with van der Waals surface area (Å²) in [6.45, 7) is 4.44. The molecule has 0 spiro atoms. The largest absolute Gasteiger partial charge is 0.673 e. The van der Waals surface area contributed by atoms with E-state index in [0.717, 1.165) is 12.8 Å². The molecule has 0 N–H and O–H groups in total. The van der Waals surface area contributed by atoms with Gasteiger partial charge in [0.05, 0.1) is 13.1 Å². The lowest BCUT2D eigenvalue weighted by Gasteiger charge is -2.06. The van der Waals surface area contributed by atoms with E-state index in [-0.39, 0.29) is 0 Å². The van der Waals surface area contributed by atoms with E-state index in [1.807, 2.05) is 6.92 Å². The van der Waals surface area contributed by atoms with E-state index in [0.29, 0.717) is 24.1 Å². The summed E-state index contributed by atoms with van der Waals surface area (Å²) in [5, 5.41) is 0. The third-order valence-corrected chi connectivity index (χ3v) is 3.28. The van der Waals surface area contributed by atoms with E-state index in [4.69, 9.17) is 0 Å². The van der Waals surface area contributed by atoms with Gasteiger partial charge in [0.1, 0.15) is 0 Å². The summed E-state index contributed by atoms with van der Waals surface area (Å²) >= 11 is 0. The Kier molecular flexibility index (Phi) is 6.68. The van der Waals surface area contributed by atoms with E-state index in [2.05, 4.69) is 0 Å². The summed E-state index contributed by atoms with van der Waals surface area (Å²) in [5.74, 6) is -0.551. The highest BCUT2D eigenvalue weighted by Gasteiger charge is 2.46. The molecule has 0 aliphatic carbocycles. The Balaban J connectivity index is 0.000000505. The summed E-state index contributed by atoms with van der Waals surface area (Å²) in [7, 11) is -6.00. The number of nitrogens with zero attached hydrogens (tertiary/aromatic N) is 2. The van der Waals surface area contributed by atoms with E-state index >= 15 is 0 Å². The highest BCUT2D eigenvalue weighted by Crippen LogP contribution is 2.30. The topological polar surface area (TPSA) is 8.81 Å². The fourth-order valence-corrected chi connectivity index (χ4v) is 2.46. The number of hydrogen-bond donors (Lipinski definition) is 0. The Morgan fingerprint density at radius 3 is 2.04 bits per heavy atom. The van der Waals surface area contributed by atoms with E-state index in [1.54, 1.807) is 31.2 Å². The summed E-state index contributed by atoms with van der Waals surface area (Å²) < 4.78 is 81.7. The molecule has 1 aromatic heterocycles. The van der Waals surface area contributed by atoms with Gasteiger partial charge in [-0.3, -0.25) is 0 Å². The van der Waals surface area contributed by atoms with Crippen LogP contribution in [0.3, 0.4) is 0 Å². The van der Waals surface area contributed by atoms with Gasteiger partial charge in [-0.05, 0) is 25.5 Å². The SMILES string of the molecule is CCCC[n+]1c(C(F)(F)F)n(CC)c2ccccc21.F[B-](F)(F)F. The number of aryl methyl sites for hydroxylation is 2. The van der Waals surface area contributed by atoms with Gasteiger partial charge in [-0.2, -0.15) is 13.2 Å². The zero-order chi connectivity index (χ0) is 18.5. The van der Waals surface area contributed by atoms with E-state index < -0.39 is 19.3 Å². The van der Waals surface area contributed by atoms with Gasteiger partial charge in [0.15, 0.2) is 11.0 Å². The van der Waals surface area contributed by atoms with Crippen molar-refractivity contribution in [2.24, 2.45) is 0 Å². The smallest absolute Gasteiger partial charge is 0.418 e. The molecule has 10 heteroatoms. The van der Waals surface area contributed by atoms with Gasteiger partial charge in [0.2, 0.25) is 0 Å². The van der Waals surface area contributed by atoms with Crippen molar-refractivity contribution in [3.63, 3.8) is 0 Å². The fourth-order valence-electron chi connectivity index (χ4n) is 2.46. The molecule has 136 valence electrons. The number of fused-ring (bicyclic) bond motifs is 1. The molecule has 1 heterocycles. The van der Waals surface area contributed by atoms with Crippen molar-refractivity contribution < 1.29 is 35.0 Å². The van der Waals surface area contributed by atoms with Gasteiger partial charge in [0.25, 0.3) is 0 Å². The molecule has 0 aliphatic heterocycles. The summed E-state index contributed by atoms with van der Waals surface area (Å²) in [6.07, 6.45) is -2.72. The quantitative estimate of drug-likeness (QED) is 0.410. The zero-order valence-electron chi connectivity index (χ0n) is 13.3. The van der Waals surface area contributed by atoms with Gasteiger partial charge in [-0.1, -0.05) is 25.5 Å². The third-order valence-electron chi connectivity index (χ3n) is 3.28. The second-order valence-corrected chi connectivity index (χ2v) is 5.05. The van der Waals surface area contributed by atoms with Crippen molar-refractivity contribution in [2.75, 3.05) is 0 Å². The third kappa shape index (κ3) is 5.42. The van der Waals surface area contributed by atoms with Crippen LogP contribution in [0, 0.1) is 0 Å². The minimum Gasteiger partial charge on any atom is -0.418 e. The number of para-hydroxylation sites is 2. The average molecular weight is 358 g/mol. The Hall–Kier alpha value is -1.74. The molecule has 0 saturated carbocycles. The average Bonchev–Trinajstić information content (AvgIpc) is 2.77. The Labute approximate surface area is 135 Å². The summed E-state index contributed by atoms with van der Waals surface area (Å²) in [6, 6.07) is 7.06. The fraction of sp³-hybridized carbons (Fsp3) is 0.500. The summed E-state index contributed by atoms with van der Waals surface area (Å²) in [4.78, 5) is 0. The molecule has 0 bridgehead atoms. The van der Waals surface area contributed by atoms with Crippen molar-refractivity contribution in [3.05, 3.63) is 30.1 Å². The molecule has 0 atom stereocenters. The maximum Gasteiger partial charge on any atom is 0.673 e. The number of benzene rings is 1. The van der Waals surface area contributed by atoms with Crippen LogP contribution in [0.5, 0.6) is 0 Å². The first-order chi connectivity index (χ1) is 11.0. The number of aromatic nitrogens is 2. The maximum atomic E-state index is 13.3. The standard InChI is InChI=1S/C14H18F3N2.BF4/c1-3-5-10-19-12-9-7-6-8-11(12)18(4-2)13(19)14(15,16)17;2-1(3,4)5/h6-9H,3-5,10H2,1-2H3;/q+1;-1. The number of rotatable bonds is 4. The van der Waals surface area contributed by atoms with Crippen LogP contribution >= 0.6 is 0 Å². The van der Waals surface area contributed by atoms with Crippen molar-refractivity contribution >= 4 is 18.3 Å². The van der Waals surface area contributed by atoms with Crippen LogP contribution in [-0.4, -0.2) is 11.8 Å². The Bertz CT molecular complexity index is 655. The molecule has 2 rings (SSSR count). The predicted molar refractivity (Wildman–Crippen MR) is 77.9 cm³/mol. The minimum absolute atomic E-state index is 0.314. The van der Waals surface area contributed by atoms with Gasteiger partial charge >= 0.3 is 19.3 Å². The van der Waals surface area contributed by atoms with E-state index in [9.17, 15) is 30.4 Å². The van der Waals surface area contributed by atoms with Crippen molar-refractivity contribution in [1.82, 2.24) is 4.57 Å². The normalized spacial score (nSPS) is 12.2. The number of alkyl halides is 3. The maximum absolute atomic E-state index is 13.3. The Morgan fingerprint density at radius 2 is 1.58 bits per heavy atom. The lowest BCUT2D eigenvalue weighted by molar-refractivity contribution is -0.692. The number of hydrogen-bond acceptors (Lipinski definition) is 0. The molecule has 1 aromatic carbocycles. The molecule has 24 heavy (non-hydrogen) atoms. The zero-order valence-corrected chi connectivity index (χ0v) is 13.3. The monoisotopic (exact) mass is 358 g/mol. The van der Waals surface area contributed by atoms with Crippen molar-refractivity contribution in [3.8, 4) is 0 Å². The van der Waals surface area contributed by atoms with Gasteiger partial charge < -0.3 is 17.3 Å². The molecule has 0 unspecified atom stereocenters. The molecule has 0 radical (unpaired) electrons. The van der Waals surface area contributed by atoms with Crippen LogP contribution in [0.4, 0.5) is 30.4 Å². The van der Waals surface area contributed by atoms with Crippen LogP contribution in [0.25, 0.3) is 11.0 Å². The van der Waals surface area contributed by atoms with Crippen LogP contribution < -0.4 is 4.57 Å². The molecule has 0 fully saturated rings. The summed E-state index contributed by atoms with van der Waals surface area (Å²) in [5.41, 5.74) is 1.30. The van der Waals surface area contributed by atoms with Gasteiger partial charge in [-0.25, -0.2) is 9.13 Å². The first kappa shape index (κ1) is 20.3. The molecular weight excluding hydrogens is 340 g/mol. The lowest BCUT2D eigenvalue weighted by atomic mass is 10.3. The van der Waals surface area contributed by atoms with E-state index in [1.165, 1.54) is 9.13 Å². The molecule has 0 amide bonds. The van der Waals surface area contributed by atoms with Gasteiger partial charge in [-0.15, -0.1) is 0 Å². The molecule has 2 nitrogen and oxygen atoms in total. The molecule has 0 aliphatic rings. The molecule has 0 saturated heterocycles. The van der Waals surface area contributed by atoms with Crippen LogP contribution in [0.2, 0.25) is 0 Å². The first-order valence-corrected chi connectivity index (χ1v) is 7.46. The van der Waals surface area contributed by atoms with Gasteiger partial charge in [0, 0.05) is 0 Å². The minimum atomic E-state index is -6.00. The Morgan fingerprint density at radius 1 is 1.04 bits per heavy atom. The second-order valence-electron chi connectivity index (χ2n) is 5.05. The number of unbranched alkanes of at least 4 members (excludes halogenated alkanes) is 1. The number of imidazole rings is 1. The first-order valence-electron chi connectivity index (χ1n) is 7.46. The van der Waals surface area contributed by atoms with Crippen LogP contribution in [-0.2, 0) is 19.3 Å². The van der Waals surface area contributed by atoms with Crippen LogP contribution in [0.1, 0.15) is 32.5 Å². The van der Waals surface area contributed by atoms with Crippen molar-refractivity contribution in [2.45, 2.75) is 46.0 Å². The van der Waals surface area contributed by atoms with Crippen molar-refractivity contribution in [1.29, 1.82) is 0 Å². The molecule has 2 aromatic rings. The number of halogens is 7.